The second-order valence-electron chi connectivity index (χ2n) is 10.4. The molecule has 1 aliphatic carbocycles. The number of para-hydroxylation sites is 3. The maximum atomic E-state index is 5.21. The Labute approximate surface area is 244 Å². The van der Waals surface area contributed by atoms with E-state index in [0.717, 1.165) is 5.71 Å². The summed E-state index contributed by atoms with van der Waals surface area (Å²) in [4.78, 5) is 12.5. The van der Waals surface area contributed by atoms with Crippen molar-refractivity contribution >= 4 is 40.2 Å². The van der Waals surface area contributed by atoms with E-state index in [1.807, 2.05) is 11.8 Å². The molecule has 3 nitrogen and oxygen atoms in total. The van der Waals surface area contributed by atoms with E-state index in [2.05, 4.69) is 161 Å². The van der Waals surface area contributed by atoms with Crippen LogP contribution in [0.2, 0.25) is 0 Å². The number of hydrogen-bond donors (Lipinski definition) is 0. The Bertz CT molecular complexity index is 1840. The van der Waals surface area contributed by atoms with Crippen LogP contribution in [0.5, 0.6) is 0 Å². The van der Waals surface area contributed by atoms with Crippen molar-refractivity contribution in [2.45, 2.75) is 22.0 Å². The van der Waals surface area contributed by atoms with Gasteiger partial charge in [-0.15, -0.1) is 0 Å². The van der Waals surface area contributed by atoms with E-state index < -0.39 is 0 Å². The van der Waals surface area contributed by atoms with Crippen LogP contribution in [0, 0.1) is 0 Å². The Hall–Kier alpha value is -4.80. The largest absolute Gasteiger partial charge is 0.334 e. The highest BCUT2D eigenvalue weighted by atomic mass is 32.2. The van der Waals surface area contributed by atoms with Gasteiger partial charge in [0.2, 0.25) is 0 Å². The number of rotatable bonds is 4. The monoisotopic (exact) mass is 545 g/mol. The smallest absolute Gasteiger partial charge is 0.148 e. The van der Waals surface area contributed by atoms with Gasteiger partial charge in [-0.05, 0) is 77.4 Å². The highest BCUT2D eigenvalue weighted by Gasteiger charge is 2.35. The van der Waals surface area contributed by atoms with Crippen LogP contribution in [-0.4, -0.2) is 11.8 Å². The molecule has 2 aliphatic heterocycles. The van der Waals surface area contributed by atoms with Crippen molar-refractivity contribution in [1.29, 1.82) is 0 Å². The van der Waals surface area contributed by atoms with Crippen LogP contribution < -0.4 is 9.80 Å². The summed E-state index contributed by atoms with van der Waals surface area (Å²) >= 11 is 1.84. The number of aliphatic imine (C=N–C) groups is 1. The van der Waals surface area contributed by atoms with Gasteiger partial charge in [-0.2, -0.15) is 0 Å². The van der Waals surface area contributed by atoms with Crippen molar-refractivity contribution in [3.05, 3.63) is 157 Å². The van der Waals surface area contributed by atoms with Crippen molar-refractivity contribution in [3.8, 4) is 11.1 Å². The first-order valence-electron chi connectivity index (χ1n) is 14.0. The first-order chi connectivity index (χ1) is 20.3. The summed E-state index contributed by atoms with van der Waals surface area (Å²) in [5.74, 6) is 0. The number of nitrogens with zero attached hydrogens (tertiary/aromatic N) is 3. The summed E-state index contributed by atoms with van der Waals surface area (Å²) in [5.41, 5.74) is 9.48. The van der Waals surface area contributed by atoms with E-state index in [-0.39, 0.29) is 12.2 Å². The molecule has 4 heteroatoms. The van der Waals surface area contributed by atoms with Crippen LogP contribution in [0.1, 0.15) is 11.7 Å². The molecule has 0 saturated carbocycles. The first kappa shape index (κ1) is 24.0. The Balaban J connectivity index is 1.19. The SMILES string of the molecule is C1=CC2=NC(c3cccc(-c4ccc5c(c4)Sc4ccccc4N5c4ccccc4)c3)N(c3ccccc3)C2C=C1. The van der Waals surface area contributed by atoms with Crippen LogP contribution in [0.15, 0.2) is 166 Å². The normalized spacial score (nSPS) is 18.5. The lowest BCUT2D eigenvalue weighted by atomic mass is 10.00. The molecule has 0 amide bonds. The molecule has 5 aromatic rings. The molecular formula is C37H27N3S. The van der Waals surface area contributed by atoms with Gasteiger partial charge in [-0.25, -0.2) is 0 Å². The minimum atomic E-state index is -0.0859. The van der Waals surface area contributed by atoms with E-state index in [1.54, 1.807) is 0 Å². The lowest BCUT2D eigenvalue weighted by Crippen LogP contribution is -2.35. The molecule has 41 heavy (non-hydrogen) atoms. The zero-order valence-corrected chi connectivity index (χ0v) is 23.2. The van der Waals surface area contributed by atoms with Gasteiger partial charge in [0, 0.05) is 21.2 Å². The molecule has 0 saturated heterocycles. The molecule has 0 bridgehead atoms. The molecule has 0 aromatic heterocycles. The molecule has 0 N–H and O–H groups in total. The predicted molar refractivity (Wildman–Crippen MR) is 172 cm³/mol. The fraction of sp³-hybridized carbons (Fsp3) is 0.0541. The van der Waals surface area contributed by atoms with Crippen molar-refractivity contribution in [2.24, 2.45) is 4.99 Å². The van der Waals surface area contributed by atoms with Gasteiger partial charge in [-0.3, -0.25) is 4.99 Å². The summed E-state index contributed by atoms with van der Waals surface area (Å²) in [7, 11) is 0. The third kappa shape index (κ3) is 4.19. The summed E-state index contributed by atoms with van der Waals surface area (Å²) in [6.45, 7) is 0. The standard InChI is InChI=1S/C37H27N3S/c1-3-14-29(15-4-1)39-33-20-9-10-21-35(33)41-36-25-27(22-23-34(36)39)26-12-11-13-28(24-26)37-38-31-18-7-8-19-32(31)40(37)30-16-5-2-6-17-30/h1-25,32,37H. The third-order valence-corrected chi connectivity index (χ3v) is 9.03. The molecule has 5 aromatic carbocycles. The molecule has 0 spiro atoms. The second kappa shape index (κ2) is 9.99. The molecule has 3 aliphatic rings. The fourth-order valence-electron chi connectivity index (χ4n) is 6.04. The molecule has 2 atom stereocenters. The van der Waals surface area contributed by atoms with Gasteiger partial charge < -0.3 is 9.80 Å². The van der Waals surface area contributed by atoms with Gasteiger partial charge in [0.05, 0.1) is 23.1 Å². The molecule has 2 unspecified atom stereocenters. The second-order valence-corrected chi connectivity index (χ2v) is 11.5. The van der Waals surface area contributed by atoms with Crippen LogP contribution in [0.25, 0.3) is 11.1 Å². The summed E-state index contributed by atoms with van der Waals surface area (Å²) < 4.78 is 0. The maximum Gasteiger partial charge on any atom is 0.148 e. The quantitative estimate of drug-likeness (QED) is 0.220. The van der Waals surface area contributed by atoms with Crippen LogP contribution in [0.3, 0.4) is 0 Å². The molecule has 0 fully saturated rings. The van der Waals surface area contributed by atoms with Crippen molar-refractivity contribution in [2.75, 3.05) is 9.80 Å². The number of allylic oxidation sites excluding steroid dienone is 2. The predicted octanol–water partition coefficient (Wildman–Crippen LogP) is 9.74. The van der Waals surface area contributed by atoms with E-state index in [9.17, 15) is 0 Å². The summed E-state index contributed by atoms with van der Waals surface area (Å²) in [5, 5.41) is 0. The number of fused-ring (bicyclic) bond motifs is 3. The fourth-order valence-corrected chi connectivity index (χ4v) is 7.14. The van der Waals surface area contributed by atoms with Crippen molar-refractivity contribution < 1.29 is 0 Å². The van der Waals surface area contributed by atoms with Gasteiger partial charge in [0.15, 0.2) is 0 Å². The lowest BCUT2D eigenvalue weighted by molar-refractivity contribution is 0.696. The van der Waals surface area contributed by atoms with E-state index in [4.69, 9.17) is 4.99 Å². The highest BCUT2D eigenvalue weighted by Crippen LogP contribution is 2.52. The topological polar surface area (TPSA) is 18.8 Å². The summed E-state index contributed by atoms with van der Waals surface area (Å²) in [6, 6.07) is 45.8. The van der Waals surface area contributed by atoms with Gasteiger partial charge in [0.1, 0.15) is 6.17 Å². The van der Waals surface area contributed by atoms with E-state index in [0.29, 0.717) is 0 Å². The molecule has 8 rings (SSSR count). The number of anilines is 4. The molecule has 0 radical (unpaired) electrons. The molecule has 196 valence electrons. The minimum Gasteiger partial charge on any atom is -0.334 e. The lowest BCUT2D eigenvalue weighted by Gasteiger charge is -2.33. The molecular weight excluding hydrogens is 518 g/mol. The summed E-state index contributed by atoms with van der Waals surface area (Å²) in [6.07, 6.45) is 8.50. The Morgan fingerprint density at radius 1 is 0.585 bits per heavy atom. The average Bonchev–Trinajstić information content (AvgIpc) is 3.44. The zero-order valence-electron chi connectivity index (χ0n) is 22.3. The van der Waals surface area contributed by atoms with Crippen molar-refractivity contribution in [1.82, 2.24) is 0 Å². The van der Waals surface area contributed by atoms with Crippen LogP contribution >= 0.6 is 11.8 Å². The van der Waals surface area contributed by atoms with E-state index in [1.165, 1.54) is 49.2 Å². The van der Waals surface area contributed by atoms with Gasteiger partial charge in [-0.1, -0.05) is 103 Å². The Kier molecular flexibility index (Phi) is 5.86. The molecule has 2 heterocycles. The number of hydrogen-bond acceptors (Lipinski definition) is 4. The third-order valence-electron chi connectivity index (χ3n) is 7.92. The average molecular weight is 546 g/mol. The van der Waals surface area contributed by atoms with Crippen LogP contribution in [-0.2, 0) is 0 Å². The van der Waals surface area contributed by atoms with Crippen molar-refractivity contribution in [3.63, 3.8) is 0 Å². The van der Waals surface area contributed by atoms with E-state index >= 15 is 0 Å². The van der Waals surface area contributed by atoms with Crippen LogP contribution in [0.4, 0.5) is 22.7 Å². The van der Waals surface area contributed by atoms with Gasteiger partial charge >= 0.3 is 0 Å². The Morgan fingerprint density at radius 2 is 1.32 bits per heavy atom. The minimum absolute atomic E-state index is 0.0859. The maximum absolute atomic E-state index is 5.21. The number of benzene rings is 5. The van der Waals surface area contributed by atoms with Gasteiger partial charge in [0.25, 0.3) is 0 Å². The highest BCUT2D eigenvalue weighted by molar-refractivity contribution is 7.99. The Morgan fingerprint density at radius 3 is 2.17 bits per heavy atom. The zero-order chi connectivity index (χ0) is 27.2. The first-order valence-corrected chi connectivity index (χ1v) is 14.8.